The summed E-state index contributed by atoms with van der Waals surface area (Å²) in [4.78, 5) is 8.58. The lowest BCUT2D eigenvalue weighted by Crippen LogP contribution is -2.00. The van der Waals surface area contributed by atoms with Crippen LogP contribution in [0, 0.1) is 6.92 Å². The Balaban J connectivity index is 2.61. The van der Waals surface area contributed by atoms with Gasteiger partial charge in [0, 0.05) is 11.8 Å². The van der Waals surface area contributed by atoms with Gasteiger partial charge in [-0.3, -0.25) is 0 Å². The summed E-state index contributed by atoms with van der Waals surface area (Å²) in [5.74, 6) is 2.41. The lowest BCUT2D eigenvalue weighted by atomic mass is 9.96. The number of aromatic nitrogens is 2. The van der Waals surface area contributed by atoms with Gasteiger partial charge in [-0.2, -0.15) is 0 Å². The molecule has 0 aliphatic carbocycles. The van der Waals surface area contributed by atoms with E-state index in [1.807, 2.05) is 13.0 Å². The zero-order valence-electron chi connectivity index (χ0n) is 11.8. The Labute approximate surface area is 113 Å². The maximum atomic E-state index is 5.72. The standard InChI is InChI=1S/C15H19N3O/c1-9(2)11-8-12(10(3)7-13(11)19-4)15-17-6-5-14(16)18-15/h5-9H,1-4H3,(H2,16,17,18). The number of nitrogens with zero attached hydrogens (tertiary/aromatic N) is 2. The van der Waals surface area contributed by atoms with E-state index >= 15 is 0 Å². The van der Waals surface area contributed by atoms with Crippen LogP contribution < -0.4 is 10.5 Å². The minimum Gasteiger partial charge on any atom is -0.496 e. The van der Waals surface area contributed by atoms with E-state index in [2.05, 4.69) is 29.9 Å². The monoisotopic (exact) mass is 257 g/mol. The summed E-state index contributed by atoms with van der Waals surface area (Å²) in [6.45, 7) is 6.29. The van der Waals surface area contributed by atoms with E-state index < -0.39 is 0 Å². The molecule has 4 heteroatoms. The molecular weight excluding hydrogens is 238 g/mol. The van der Waals surface area contributed by atoms with Crippen LogP contribution >= 0.6 is 0 Å². The maximum Gasteiger partial charge on any atom is 0.161 e. The Morgan fingerprint density at radius 3 is 2.58 bits per heavy atom. The summed E-state index contributed by atoms with van der Waals surface area (Å²) >= 11 is 0. The molecule has 4 nitrogen and oxygen atoms in total. The Bertz CT molecular complexity index is 594. The molecular formula is C15H19N3O. The number of hydrogen-bond donors (Lipinski definition) is 1. The summed E-state index contributed by atoms with van der Waals surface area (Å²) in [7, 11) is 1.69. The summed E-state index contributed by atoms with van der Waals surface area (Å²) in [5.41, 5.74) is 8.94. The molecule has 0 bridgehead atoms. The second kappa shape index (κ2) is 5.26. The van der Waals surface area contributed by atoms with Crippen molar-refractivity contribution in [3.8, 4) is 17.1 Å². The van der Waals surface area contributed by atoms with E-state index in [4.69, 9.17) is 10.5 Å². The number of hydrogen-bond acceptors (Lipinski definition) is 4. The van der Waals surface area contributed by atoms with Gasteiger partial charge >= 0.3 is 0 Å². The molecule has 1 aromatic carbocycles. The van der Waals surface area contributed by atoms with E-state index in [9.17, 15) is 0 Å². The van der Waals surface area contributed by atoms with E-state index in [1.54, 1.807) is 19.4 Å². The molecule has 0 spiro atoms. The van der Waals surface area contributed by atoms with E-state index in [0.29, 0.717) is 17.6 Å². The number of ether oxygens (including phenoxy) is 1. The van der Waals surface area contributed by atoms with Gasteiger partial charge < -0.3 is 10.5 Å². The number of benzene rings is 1. The predicted octanol–water partition coefficient (Wildman–Crippen LogP) is 3.17. The molecule has 2 aromatic rings. The molecule has 1 aromatic heterocycles. The van der Waals surface area contributed by atoms with Crippen molar-refractivity contribution in [2.75, 3.05) is 12.8 Å². The first-order chi connectivity index (χ1) is 9.02. The average Bonchev–Trinajstić information content (AvgIpc) is 2.37. The second-order valence-electron chi connectivity index (χ2n) is 4.87. The average molecular weight is 257 g/mol. The fraction of sp³-hybridized carbons (Fsp3) is 0.333. The fourth-order valence-electron chi connectivity index (χ4n) is 2.07. The quantitative estimate of drug-likeness (QED) is 0.917. The molecule has 0 saturated carbocycles. The molecule has 0 unspecified atom stereocenters. The Morgan fingerprint density at radius 2 is 2.00 bits per heavy atom. The van der Waals surface area contributed by atoms with Crippen LogP contribution in [0.2, 0.25) is 0 Å². The van der Waals surface area contributed by atoms with Crippen molar-refractivity contribution < 1.29 is 4.74 Å². The van der Waals surface area contributed by atoms with Gasteiger partial charge in [-0.05, 0) is 42.2 Å². The number of nitrogen functional groups attached to an aromatic ring is 1. The van der Waals surface area contributed by atoms with Crippen molar-refractivity contribution in [3.05, 3.63) is 35.5 Å². The summed E-state index contributed by atoms with van der Waals surface area (Å²) in [6.07, 6.45) is 1.68. The SMILES string of the molecule is COc1cc(C)c(-c2nccc(N)n2)cc1C(C)C. The van der Waals surface area contributed by atoms with Gasteiger partial charge in [0.25, 0.3) is 0 Å². The highest BCUT2D eigenvalue weighted by atomic mass is 16.5. The molecule has 0 radical (unpaired) electrons. The molecule has 0 fully saturated rings. The van der Waals surface area contributed by atoms with Gasteiger partial charge in [0.1, 0.15) is 11.6 Å². The van der Waals surface area contributed by atoms with Crippen LogP contribution in [0.4, 0.5) is 5.82 Å². The largest absolute Gasteiger partial charge is 0.496 e. The van der Waals surface area contributed by atoms with Crippen molar-refractivity contribution in [1.82, 2.24) is 9.97 Å². The zero-order chi connectivity index (χ0) is 14.0. The van der Waals surface area contributed by atoms with Crippen LogP contribution in [-0.2, 0) is 0 Å². The number of aryl methyl sites for hydroxylation is 1. The minimum absolute atomic E-state index is 0.371. The van der Waals surface area contributed by atoms with Crippen molar-refractivity contribution in [3.63, 3.8) is 0 Å². The molecule has 2 rings (SSSR count). The van der Waals surface area contributed by atoms with Gasteiger partial charge in [-0.25, -0.2) is 9.97 Å². The Hall–Kier alpha value is -2.10. The number of rotatable bonds is 3. The first-order valence-corrected chi connectivity index (χ1v) is 6.30. The molecule has 0 aliphatic rings. The van der Waals surface area contributed by atoms with E-state index in [0.717, 1.165) is 22.4 Å². The van der Waals surface area contributed by atoms with Gasteiger partial charge in [0.15, 0.2) is 5.82 Å². The fourth-order valence-corrected chi connectivity index (χ4v) is 2.07. The van der Waals surface area contributed by atoms with E-state index in [-0.39, 0.29) is 0 Å². The van der Waals surface area contributed by atoms with Crippen LogP contribution in [0.1, 0.15) is 30.9 Å². The predicted molar refractivity (Wildman–Crippen MR) is 77.3 cm³/mol. The topological polar surface area (TPSA) is 61.0 Å². The Kier molecular flexibility index (Phi) is 3.69. The molecule has 0 aliphatic heterocycles. The zero-order valence-corrected chi connectivity index (χ0v) is 11.8. The lowest BCUT2D eigenvalue weighted by Gasteiger charge is -2.15. The lowest BCUT2D eigenvalue weighted by molar-refractivity contribution is 0.407. The van der Waals surface area contributed by atoms with Crippen molar-refractivity contribution in [2.45, 2.75) is 26.7 Å². The first-order valence-electron chi connectivity index (χ1n) is 6.30. The molecule has 0 saturated heterocycles. The van der Waals surface area contributed by atoms with Crippen LogP contribution in [0.3, 0.4) is 0 Å². The van der Waals surface area contributed by atoms with Crippen molar-refractivity contribution >= 4 is 5.82 Å². The van der Waals surface area contributed by atoms with Crippen LogP contribution in [0.5, 0.6) is 5.75 Å². The summed E-state index contributed by atoms with van der Waals surface area (Å²) < 4.78 is 5.44. The Morgan fingerprint density at radius 1 is 1.26 bits per heavy atom. The normalized spacial score (nSPS) is 10.8. The number of nitrogens with two attached hydrogens (primary N) is 1. The van der Waals surface area contributed by atoms with Crippen molar-refractivity contribution in [2.24, 2.45) is 0 Å². The number of methoxy groups -OCH3 is 1. The highest BCUT2D eigenvalue weighted by Crippen LogP contribution is 2.33. The molecule has 0 amide bonds. The van der Waals surface area contributed by atoms with Crippen LogP contribution in [0.25, 0.3) is 11.4 Å². The third kappa shape index (κ3) is 2.67. The van der Waals surface area contributed by atoms with Crippen LogP contribution in [0.15, 0.2) is 24.4 Å². The molecule has 1 heterocycles. The highest BCUT2D eigenvalue weighted by Gasteiger charge is 2.13. The van der Waals surface area contributed by atoms with Gasteiger partial charge in [-0.1, -0.05) is 13.8 Å². The summed E-state index contributed by atoms with van der Waals surface area (Å²) in [6, 6.07) is 5.80. The van der Waals surface area contributed by atoms with Crippen LogP contribution in [-0.4, -0.2) is 17.1 Å². The van der Waals surface area contributed by atoms with Gasteiger partial charge in [-0.15, -0.1) is 0 Å². The van der Waals surface area contributed by atoms with Gasteiger partial charge in [0.05, 0.1) is 7.11 Å². The number of anilines is 1. The van der Waals surface area contributed by atoms with E-state index in [1.165, 1.54) is 0 Å². The third-order valence-corrected chi connectivity index (χ3v) is 3.12. The van der Waals surface area contributed by atoms with Gasteiger partial charge in [0.2, 0.25) is 0 Å². The molecule has 0 atom stereocenters. The second-order valence-corrected chi connectivity index (χ2v) is 4.87. The minimum atomic E-state index is 0.371. The smallest absolute Gasteiger partial charge is 0.161 e. The molecule has 2 N–H and O–H groups in total. The highest BCUT2D eigenvalue weighted by molar-refractivity contribution is 5.65. The maximum absolute atomic E-state index is 5.72. The van der Waals surface area contributed by atoms with Crippen molar-refractivity contribution in [1.29, 1.82) is 0 Å². The third-order valence-electron chi connectivity index (χ3n) is 3.12. The molecule has 100 valence electrons. The summed E-state index contributed by atoms with van der Waals surface area (Å²) in [5, 5.41) is 0. The molecule has 19 heavy (non-hydrogen) atoms. The first kappa shape index (κ1) is 13.3.